The first-order valence-electron chi connectivity index (χ1n) is 9.73. The van der Waals surface area contributed by atoms with Gasteiger partial charge in [0, 0.05) is 44.8 Å². The second-order valence-electron chi connectivity index (χ2n) is 7.19. The minimum Gasteiger partial charge on any atom is -0.450 e. The van der Waals surface area contributed by atoms with Crippen LogP contribution in [0.15, 0.2) is 23.2 Å². The lowest BCUT2D eigenvalue weighted by Crippen LogP contribution is -2.49. The van der Waals surface area contributed by atoms with Gasteiger partial charge in [-0.25, -0.2) is 9.18 Å². The molecule has 1 fully saturated rings. The molecule has 0 unspecified atom stereocenters. The summed E-state index contributed by atoms with van der Waals surface area (Å²) in [6.45, 7) is 4.66. The molecule has 29 heavy (non-hydrogen) atoms. The van der Waals surface area contributed by atoms with Gasteiger partial charge in [-0.2, -0.15) is 0 Å². The summed E-state index contributed by atoms with van der Waals surface area (Å²) in [5.41, 5.74) is 1.68. The topological polar surface area (TPSA) is 69.2 Å². The van der Waals surface area contributed by atoms with E-state index >= 15 is 0 Å². The van der Waals surface area contributed by atoms with Crippen LogP contribution in [0.25, 0.3) is 0 Å². The molecule has 2 N–H and O–H groups in total. The van der Waals surface area contributed by atoms with Gasteiger partial charge in [0.2, 0.25) is 0 Å². The van der Waals surface area contributed by atoms with Crippen LogP contribution in [0, 0.1) is 5.82 Å². The quantitative estimate of drug-likeness (QED) is 0.343. The molecule has 0 aliphatic carbocycles. The minimum absolute atomic E-state index is 0. The van der Waals surface area contributed by atoms with E-state index in [1.54, 1.807) is 18.0 Å². The molecule has 7 nitrogen and oxygen atoms in total. The van der Waals surface area contributed by atoms with Crippen LogP contribution >= 0.6 is 24.0 Å². The maximum Gasteiger partial charge on any atom is 0.409 e. The number of hydrogen-bond donors (Lipinski definition) is 2. The van der Waals surface area contributed by atoms with Crippen LogP contribution in [-0.4, -0.2) is 68.7 Å². The Hall–Kier alpha value is -1.62. The molecule has 1 aromatic carbocycles. The van der Waals surface area contributed by atoms with Gasteiger partial charge in [-0.15, -0.1) is 24.0 Å². The summed E-state index contributed by atoms with van der Waals surface area (Å²) in [7, 11) is 5.57. The van der Waals surface area contributed by atoms with Gasteiger partial charge >= 0.3 is 6.09 Å². The third-order valence-corrected chi connectivity index (χ3v) is 4.64. The molecule has 9 heteroatoms. The van der Waals surface area contributed by atoms with E-state index in [0.29, 0.717) is 44.3 Å². The van der Waals surface area contributed by atoms with Crippen LogP contribution < -0.4 is 10.6 Å². The molecule has 0 aromatic heterocycles. The number of piperidine rings is 1. The van der Waals surface area contributed by atoms with Crippen molar-refractivity contribution in [1.29, 1.82) is 0 Å². The van der Waals surface area contributed by atoms with E-state index in [1.807, 2.05) is 32.0 Å². The second-order valence-corrected chi connectivity index (χ2v) is 7.19. The standard InChI is InChI=1S/C20H32FN5O2.HI/c1-5-28-20(27)26-10-8-17(9-11-26)24-19(22-2)23-13-15-6-7-18(21)16(12-15)14-25(3)4;/h6-7,12,17H,5,8-11,13-14H2,1-4H3,(H2,22,23,24);1H. The van der Waals surface area contributed by atoms with Crippen molar-refractivity contribution in [2.24, 2.45) is 4.99 Å². The first kappa shape index (κ1) is 25.4. The second kappa shape index (κ2) is 12.8. The van der Waals surface area contributed by atoms with Crippen molar-refractivity contribution in [3.05, 3.63) is 35.1 Å². The number of aliphatic imine (C=N–C) groups is 1. The molecule has 1 aliphatic heterocycles. The number of hydrogen-bond acceptors (Lipinski definition) is 4. The summed E-state index contributed by atoms with van der Waals surface area (Å²) in [5, 5.41) is 6.69. The van der Waals surface area contributed by atoms with Crippen LogP contribution in [0.5, 0.6) is 0 Å². The van der Waals surface area contributed by atoms with Gasteiger partial charge in [0.05, 0.1) is 6.61 Å². The summed E-state index contributed by atoms with van der Waals surface area (Å²) < 4.78 is 19.0. The maximum atomic E-state index is 13.9. The smallest absolute Gasteiger partial charge is 0.409 e. The highest BCUT2D eigenvalue weighted by molar-refractivity contribution is 14.0. The third-order valence-electron chi connectivity index (χ3n) is 4.64. The number of likely N-dealkylation sites (tertiary alicyclic amines) is 1. The largest absolute Gasteiger partial charge is 0.450 e. The zero-order valence-electron chi connectivity index (χ0n) is 17.7. The average molecular weight is 521 g/mol. The Morgan fingerprint density at radius 3 is 2.62 bits per heavy atom. The number of amides is 1. The van der Waals surface area contributed by atoms with Crippen molar-refractivity contribution in [3.8, 4) is 0 Å². The molecule has 0 saturated carbocycles. The molecule has 0 radical (unpaired) electrons. The lowest BCUT2D eigenvalue weighted by molar-refractivity contribution is 0.0963. The van der Waals surface area contributed by atoms with Crippen LogP contribution in [0.2, 0.25) is 0 Å². The predicted molar refractivity (Wildman–Crippen MR) is 124 cm³/mol. The fraction of sp³-hybridized carbons (Fsp3) is 0.600. The van der Waals surface area contributed by atoms with Gasteiger partial charge < -0.3 is 25.2 Å². The van der Waals surface area contributed by atoms with Crippen molar-refractivity contribution in [3.63, 3.8) is 0 Å². The summed E-state index contributed by atoms with van der Waals surface area (Å²) in [6, 6.07) is 5.42. The van der Waals surface area contributed by atoms with E-state index in [2.05, 4.69) is 15.6 Å². The zero-order chi connectivity index (χ0) is 20.5. The Balaban J connectivity index is 0.00000420. The van der Waals surface area contributed by atoms with E-state index in [-0.39, 0.29) is 41.9 Å². The number of nitrogens with one attached hydrogen (secondary N) is 2. The number of guanidine groups is 1. The number of halogens is 2. The molecule has 0 spiro atoms. The fourth-order valence-electron chi connectivity index (χ4n) is 3.19. The van der Waals surface area contributed by atoms with Crippen LogP contribution in [0.4, 0.5) is 9.18 Å². The minimum atomic E-state index is -0.242. The van der Waals surface area contributed by atoms with Gasteiger partial charge in [-0.05, 0) is 51.6 Å². The molecular weight excluding hydrogens is 488 g/mol. The first-order chi connectivity index (χ1) is 13.4. The van der Waals surface area contributed by atoms with Crippen LogP contribution in [0.1, 0.15) is 30.9 Å². The van der Waals surface area contributed by atoms with Gasteiger partial charge in [-0.3, -0.25) is 4.99 Å². The summed E-state index contributed by atoms with van der Waals surface area (Å²) in [5.74, 6) is 0.515. The molecule has 1 aromatic rings. The molecular formula is C20H33FIN5O2. The van der Waals surface area contributed by atoms with E-state index in [1.165, 1.54) is 6.07 Å². The van der Waals surface area contributed by atoms with Crippen molar-refractivity contribution in [2.75, 3.05) is 40.8 Å². The highest BCUT2D eigenvalue weighted by Crippen LogP contribution is 2.13. The lowest BCUT2D eigenvalue weighted by Gasteiger charge is -2.32. The Labute approximate surface area is 190 Å². The van der Waals surface area contributed by atoms with Gasteiger partial charge in [0.15, 0.2) is 5.96 Å². The van der Waals surface area contributed by atoms with Crippen LogP contribution in [0.3, 0.4) is 0 Å². The SMILES string of the molecule is CCOC(=O)N1CCC(NC(=NC)NCc2ccc(F)c(CN(C)C)c2)CC1.I. The Bertz CT molecular complexity index is 679. The van der Waals surface area contributed by atoms with Crippen molar-refractivity contribution >= 4 is 36.0 Å². The van der Waals surface area contributed by atoms with Gasteiger partial charge in [-0.1, -0.05) is 6.07 Å². The molecule has 164 valence electrons. The lowest BCUT2D eigenvalue weighted by atomic mass is 10.1. The van der Waals surface area contributed by atoms with Crippen molar-refractivity contribution in [1.82, 2.24) is 20.4 Å². The van der Waals surface area contributed by atoms with E-state index < -0.39 is 0 Å². The van der Waals surface area contributed by atoms with Crippen LogP contribution in [-0.2, 0) is 17.8 Å². The monoisotopic (exact) mass is 521 g/mol. The molecule has 0 bridgehead atoms. The number of rotatable bonds is 6. The number of benzene rings is 1. The van der Waals surface area contributed by atoms with Crippen molar-refractivity contribution in [2.45, 2.75) is 38.9 Å². The number of nitrogens with zero attached hydrogens (tertiary/aromatic N) is 3. The highest BCUT2D eigenvalue weighted by Gasteiger charge is 2.24. The van der Waals surface area contributed by atoms with Crippen molar-refractivity contribution < 1.29 is 13.9 Å². The fourth-order valence-corrected chi connectivity index (χ4v) is 3.19. The predicted octanol–water partition coefficient (Wildman–Crippen LogP) is 2.79. The number of ether oxygens (including phenoxy) is 1. The maximum absolute atomic E-state index is 13.9. The summed E-state index contributed by atoms with van der Waals surface area (Å²) in [6.07, 6.45) is 1.43. The van der Waals surface area contributed by atoms with Gasteiger partial charge in [0.1, 0.15) is 5.82 Å². The molecule has 1 aliphatic rings. The zero-order valence-corrected chi connectivity index (χ0v) is 20.0. The molecule has 0 atom stereocenters. The average Bonchev–Trinajstić information content (AvgIpc) is 2.67. The molecule has 1 amide bonds. The Morgan fingerprint density at radius 2 is 2.03 bits per heavy atom. The van der Waals surface area contributed by atoms with E-state index in [9.17, 15) is 9.18 Å². The van der Waals surface area contributed by atoms with Gasteiger partial charge in [0.25, 0.3) is 0 Å². The molecule has 1 saturated heterocycles. The number of carbonyl (C=O) groups is 1. The normalized spacial score (nSPS) is 15.1. The summed E-state index contributed by atoms with van der Waals surface area (Å²) >= 11 is 0. The Morgan fingerprint density at radius 1 is 1.34 bits per heavy atom. The van der Waals surface area contributed by atoms with E-state index in [4.69, 9.17) is 4.74 Å². The number of carbonyl (C=O) groups excluding carboxylic acids is 1. The van der Waals surface area contributed by atoms with E-state index in [0.717, 1.165) is 18.4 Å². The highest BCUT2D eigenvalue weighted by atomic mass is 127. The third kappa shape index (κ3) is 8.33. The summed E-state index contributed by atoms with van der Waals surface area (Å²) in [4.78, 5) is 19.7. The first-order valence-corrected chi connectivity index (χ1v) is 9.73. The molecule has 1 heterocycles. The Kier molecular flexibility index (Phi) is 11.3. The molecule has 2 rings (SSSR count).